The van der Waals surface area contributed by atoms with Crippen molar-refractivity contribution < 1.29 is 13.9 Å². The summed E-state index contributed by atoms with van der Waals surface area (Å²) in [5, 5.41) is 17.6. The van der Waals surface area contributed by atoms with Gasteiger partial charge in [0.15, 0.2) is 17.4 Å². The van der Waals surface area contributed by atoms with Crippen LogP contribution in [0.4, 0.5) is 8.78 Å². The molecule has 1 aromatic rings. The fraction of sp³-hybridized carbons (Fsp3) is 0.300. The van der Waals surface area contributed by atoms with Crippen molar-refractivity contribution in [3.8, 4) is 11.8 Å². The molecule has 14 heavy (non-hydrogen) atoms. The highest BCUT2D eigenvalue weighted by Crippen LogP contribution is 2.29. The summed E-state index contributed by atoms with van der Waals surface area (Å²) in [6.07, 6.45) is 0. The van der Waals surface area contributed by atoms with E-state index in [0.717, 1.165) is 6.07 Å². The quantitative estimate of drug-likeness (QED) is 0.752. The minimum absolute atomic E-state index is 0.172. The molecule has 0 saturated carbocycles. The topological polar surface area (TPSA) is 44.0 Å². The Bertz CT molecular complexity index is 408. The zero-order valence-electron chi connectivity index (χ0n) is 7.81. The Morgan fingerprint density at radius 1 is 1.43 bits per heavy atom. The third-order valence-electron chi connectivity index (χ3n) is 1.96. The fourth-order valence-electron chi connectivity index (χ4n) is 1.20. The van der Waals surface area contributed by atoms with Gasteiger partial charge < -0.3 is 5.11 Å². The van der Waals surface area contributed by atoms with Crippen molar-refractivity contribution in [3.63, 3.8) is 0 Å². The lowest BCUT2D eigenvalue weighted by atomic mass is 9.97. The SMILES string of the molecule is CC(C)c1cc(F)c(O)c(F)c1C#N. The molecule has 0 aromatic heterocycles. The Hall–Kier alpha value is -1.63. The number of rotatable bonds is 1. The van der Waals surface area contributed by atoms with Crippen LogP contribution in [0, 0.1) is 23.0 Å². The van der Waals surface area contributed by atoms with Crippen molar-refractivity contribution in [1.82, 2.24) is 0 Å². The molecule has 1 N–H and O–H groups in total. The summed E-state index contributed by atoms with van der Waals surface area (Å²) in [5.74, 6) is -3.48. The van der Waals surface area contributed by atoms with Gasteiger partial charge in [-0.3, -0.25) is 0 Å². The average molecular weight is 197 g/mol. The standard InChI is InChI=1S/C10H9F2NO/c1-5(2)6-3-8(11)10(14)9(12)7(6)4-13/h3,5,14H,1-2H3. The van der Waals surface area contributed by atoms with Crippen molar-refractivity contribution in [2.45, 2.75) is 19.8 Å². The number of halogens is 2. The van der Waals surface area contributed by atoms with Gasteiger partial charge in [-0.15, -0.1) is 0 Å². The van der Waals surface area contributed by atoms with Crippen molar-refractivity contribution >= 4 is 0 Å². The van der Waals surface area contributed by atoms with E-state index >= 15 is 0 Å². The van der Waals surface area contributed by atoms with Crippen LogP contribution in [0.25, 0.3) is 0 Å². The fourth-order valence-corrected chi connectivity index (χ4v) is 1.20. The molecule has 0 aliphatic heterocycles. The van der Waals surface area contributed by atoms with Crippen LogP contribution < -0.4 is 0 Å². The molecule has 0 heterocycles. The van der Waals surface area contributed by atoms with E-state index < -0.39 is 17.4 Å². The lowest BCUT2D eigenvalue weighted by molar-refractivity contribution is 0.394. The lowest BCUT2D eigenvalue weighted by Gasteiger charge is -2.09. The second-order valence-electron chi connectivity index (χ2n) is 3.25. The van der Waals surface area contributed by atoms with Crippen molar-refractivity contribution in [2.75, 3.05) is 0 Å². The first-order valence-corrected chi connectivity index (χ1v) is 4.10. The normalized spacial score (nSPS) is 10.3. The van der Waals surface area contributed by atoms with E-state index in [0.29, 0.717) is 0 Å². The highest BCUT2D eigenvalue weighted by atomic mass is 19.1. The highest BCUT2D eigenvalue weighted by molar-refractivity contribution is 5.46. The Kier molecular flexibility index (Phi) is 2.70. The third-order valence-corrected chi connectivity index (χ3v) is 1.96. The molecule has 0 bridgehead atoms. The molecule has 0 spiro atoms. The summed E-state index contributed by atoms with van der Waals surface area (Å²) in [7, 11) is 0. The first kappa shape index (κ1) is 10.5. The van der Waals surface area contributed by atoms with Gasteiger partial charge in [0.25, 0.3) is 0 Å². The Morgan fingerprint density at radius 3 is 2.43 bits per heavy atom. The maximum atomic E-state index is 13.2. The minimum atomic E-state index is -1.18. The zero-order valence-corrected chi connectivity index (χ0v) is 7.81. The smallest absolute Gasteiger partial charge is 0.189 e. The second-order valence-corrected chi connectivity index (χ2v) is 3.25. The number of nitriles is 1. The largest absolute Gasteiger partial charge is 0.503 e. The Morgan fingerprint density at radius 2 is 2.00 bits per heavy atom. The lowest BCUT2D eigenvalue weighted by Crippen LogP contribution is -1.99. The van der Waals surface area contributed by atoms with Crippen LogP contribution in [0.2, 0.25) is 0 Å². The van der Waals surface area contributed by atoms with Crippen LogP contribution in [0.5, 0.6) is 5.75 Å². The van der Waals surface area contributed by atoms with Gasteiger partial charge in [0.1, 0.15) is 6.07 Å². The van der Waals surface area contributed by atoms with Gasteiger partial charge in [-0.05, 0) is 17.5 Å². The third kappa shape index (κ3) is 1.53. The maximum Gasteiger partial charge on any atom is 0.189 e. The molecule has 1 aromatic carbocycles. The predicted octanol–water partition coefficient (Wildman–Crippen LogP) is 2.67. The van der Waals surface area contributed by atoms with Crippen LogP contribution in [0.15, 0.2) is 6.07 Å². The van der Waals surface area contributed by atoms with Gasteiger partial charge in [0.2, 0.25) is 0 Å². The summed E-state index contributed by atoms with van der Waals surface area (Å²) < 4.78 is 26.1. The molecule has 0 radical (unpaired) electrons. The van der Waals surface area contributed by atoms with Crippen molar-refractivity contribution in [1.29, 1.82) is 5.26 Å². The van der Waals surface area contributed by atoms with Crippen LogP contribution in [-0.4, -0.2) is 5.11 Å². The van der Waals surface area contributed by atoms with E-state index in [4.69, 9.17) is 10.4 Å². The van der Waals surface area contributed by atoms with Crippen LogP contribution >= 0.6 is 0 Å². The van der Waals surface area contributed by atoms with Gasteiger partial charge in [-0.1, -0.05) is 13.8 Å². The van der Waals surface area contributed by atoms with E-state index in [1.807, 2.05) is 0 Å². The minimum Gasteiger partial charge on any atom is -0.503 e. The second kappa shape index (κ2) is 3.62. The first-order chi connectivity index (χ1) is 6.49. The van der Waals surface area contributed by atoms with Gasteiger partial charge in [-0.25, -0.2) is 8.78 Å². The molecule has 0 atom stereocenters. The van der Waals surface area contributed by atoms with Gasteiger partial charge in [-0.2, -0.15) is 5.26 Å². The summed E-state index contributed by atoms with van der Waals surface area (Å²) >= 11 is 0. The van der Waals surface area contributed by atoms with E-state index in [9.17, 15) is 8.78 Å². The Labute approximate surface area is 80.4 Å². The molecule has 4 heteroatoms. The van der Waals surface area contributed by atoms with E-state index in [1.165, 1.54) is 0 Å². The average Bonchev–Trinajstić information content (AvgIpc) is 2.13. The van der Waals surface area contributed by atoms with Crippen LogP contribution in [0.3, 0.4) is 0 Å². The molecular weight excluding hydrogens is 188 g/mol. The van der Waals surface area contributed by atoms with Crippen molar-refractivity contribution in [3.05, 3.63) is 28.8 Å². The summed E-state index contributed by atoms with van der Waals surface area (Å²) in [6, 6.07) is 2.60. The molecule has 1 rings (SSSR count). The van der Waals surface area contributed by atoms with E-state index in [2.05, 4.69) is 0 Å². The van der Waals surface area contributed by atoms with E-state index in [-0.39, 0.29) is 17.0 Å². The van der Waals surface area contributed by atoms with E-state index in [1.54, 1.807) is 19.9 Å². The number of aromatic hydroxyl groups is 1. The number of benzene rings is 1. The molecular formula is C10H9F2NO. The molecule has 2 nitrogen and oxygen atoms in total. The summed E-state index contributed by atoms with van der Waals surface area (Å²) in [4.78, 5) is 0. The van der Waals surface area contributed by atoms with Gasteiger partial charge >= 0.3 is 0 Å². The van der Waals surface area contributed by atoms with Crippen LogP contribution in [-0.2, 0) is 0 Å². The number of phenolic OH excluding ortho intramolecular Hbond substituents is 1. The molecule has 0 fully saturated rings. The predicted molar refractivity (Wildman–Crippen MR) is 46.8 cm³/mol. The number of hydrogen-bond donors (Lipinski definition) is 1. The molecule has 0 aliphatic carbocycles. The number of phenols is 1. The maximum absolute atomic E-state index is 13.2. The van der Waals surface area contributed by atoms with Gasteiger partial charge in [0.05, 0.1) is 5.56 Å². The number of nitrogens with zero attached hydrogens (tertiary/aromatic N) is 1. The summed E-state index contributed by atoms with van der Waals surface area (Å²) in [6.45, 7) is 3.43. The monoisotopic (exact) mass is 197 g/mol. The van der Waals surface area contributed by atoms with Gasteiger partial charge in [0, 0.05) is 0 Å². The molecule has 0 aliphatic rings. The first-order valence-electron chi connectivity index (χ1n) is 4.10. The van der Waals surface area contributed by atoms with Crippen molar-refractivity contribution in [2.24, 2.45) is 0 Å². The molecule has 0 unspecified atom stereocenters. The zero-order chi connectivity index (χ0) is 10.9. The summed E-state index contributed by atoms with van der Waals surface area (Å²) in [5.41, 5.74) is -0.0285. The molecule has 74 valence electrons. The van der Waals surface area contributed by atoms with Crippen LogP contribution in [0.1, 0.15) is 30.9 Å². The molecule has 0 saturated heterocycles. The molecule has 0 amide bonds. The highest BCUT2D eigenvalue weighted by Gasteiger charge is 2.19. The Balaban J connectivity index is 3.54. The number of hydrogen-bond acceptors (Lipinski definition) is 2.